The summed E-state index contributed by atoms with van der Waals surface area (Å²) in [6, 6.07) is 5.84. The van der Waals surface area contributed by atoms with Crippen LogP contribution in [0.15, 0.2) is 30.6 Å². The number of aromatic nitrogens is 4. The highest BCUT2D eigenvalue weighted by atomic mass is 16.6. The van der Waals surface area contributed by atoms with Crippen LogP contribution in [-0.2, 0) is 9.53 Å². The number of nitrogens with one attached hydrogen (secondary N) is 4. The molecule has 1 aromatic carbocycles. The van der Waals surface area contributed by atoms with Gasteiger partial charge < -0.3 is 20.7 Å². The summed E-state index contributed by atoms with van der Waals surface area (Å²) in [6.45, 7) is 6.49. The van der Waals surface area contributed by atoms with Crippen molar-refractivity contribution >= 4 is 40.4 Å². The number of anilines is 3. The van der Waals surface area contributed by atoms with Crippen molar-refractivity contribution in [1.82, 2.24) is 30.4 Å². The Morgan fingerprint density at radius 1 is 1.20 bits per heavy atom. The molecule has 0 bridgehead atoms. The van der Waals surface area contributed by atoms with Crippen molar-refractivity contribution in [2.24, 2.45) is 0 Å². The number of carbonyl (C=O) groups excluding carboxylic acids is 2. The van der Waals surface area contributed by atoms with E-state index in [4.69, 9.17) is 4.74 Å². The van der Waals surface area contributed by atoms with E-state index in [2.05, 4.69) is 48.0 Å². The molecule has 2 amide bonds. The molecule has 3 aromatic rings. The molecule has 1 saturated carbocycles. The summed E-state index contributed by atoms with van der Waals surface area (Å²) < 4.78 is 5.45. The maximum absolute atomic E-state index is 12.7. The Labute approximate surface area is 233 Å². The Bertz CT molecular complexity index is 1430. The zero-order chi connectivity index (χ0) is 28.1. The van der Waals surface area contributed by atoms with E-state index in [1.807, 2.05) is 39.0 Å². The van der Waals surface area contributed by atoms with Gasteiger partial charge in [0.2, 0.25) is 11.9 Å². The van der Waals surface area contributed by atoms with E-state index in [1.54, 1.807) is 12.4 Å². The molecule has 2 aliphatic rings. The number of hydrogen-bond acceptors (Lipinski definition) is 8. The minimum absolute atomic E-state index is 0.143. The minimum Gasteiger partial charge on any atom is -0.444 e. The van der Waals surface area contributed by atoms with Gasteiger partial charge in [0.15, 0.2) is 0 Å². The van der Waals surface area contributed by atoms with E-state index < -0.39 is 17.7 Å². The monoisotopic (exact) mass is 544 g/mol. The smallest absolute Gasteiger partial charge is 0.410 e. The van der Waals surface area contributed by atoms with E-state index in [0.717, 1.165) is 41.4 Å². The summed E-state index contributed by atoms with van der Waals surface area (Å²) in [6.07, 6.45) is 8.03. The van der Waals surface area contributed by atoms with Gasteiger partial charge in [0.05, 0.1) is 23.5 Å². The molecular formula is C29H36N8O3. The van der Waals surface area contributed by atoms with Gasteiger partial charge in [-0.1, -0.05) is 11.8 Å². The van der Waals surface area contributed by atoms with Crippen molar-refractivity contribution in [2.45, 2.75) is 77.0 Å². The highest BCUT2D eigenvalue weighted by molar-refractivity contribution is 5.86. The molecule has 210 valence electrons. The predicted octanol–water partition coefficient (Wildman–Crippen LogP) is 4.32. The lowest BCUT2D eigenvalue weighted by molar-refractivity contribution is -0.125. The topological polar surface area (TPSA) is 137 Å². The highest BCUT2D eigenvalue weighted by Gasteiger charge is 2.36. The SMILES string of the molecule is CC(C)(C)OC(=O)N1CCC[C@H]1C(=O)NCCCC#Cc1cnc(Nc2ccc3cn[nH]c3c2)nc1NC1CC1. The Kier molecular flexibility index (Phi) is 8.05. The first kappa shape index (κ1) is 27.2. The molecular weight excluding hydrogens is 508 g/mol. The number of aromatic amines is 1. The fourth-order valence-corrected chi connectivity index (χ4v) is 4.45. The summed E-state index contributed by atoms with van der Waals surface area (Å²) in [5.74, 6) is 7.43. The Morgan fingerprint density at radius 3 is 2.85 bits per heavy atom. The van der Waals surface area contributed by atoms with Crippen molar-refractivity contribution in [2.75, 3.05) is 23.7 Å². The van der Waals surface area contributed by atoms with Crippen LogP contribution in [0.4, 0.5) is 22.2 Å². The molecule has 2 fully saturated rings. The molecule has 1 atom stereocenters. The molecule has 0 unspecified atom stereocenters. The van der Waals surface area contributed by atoms with Crippen LogP contribution in [0, 0.1) is 11.8 Å². The second kappa shape index (κ2) is 11.8. The second-order valence-electron chi connectivity index (χ2n) is 11.2. The number of carbonyl (C=O) groups is 2. The van der Waals surface area contributed by atoms with Crippen LogP contribution in [0.5, 0.6) is 0 Å². The average Bonchev–Trinajstić information content (AvgIpc) is 3.37. The quantitative estimate of drug-likeness (QED) is 0.243. The number of unbranched alkanes of at least 4 members (excludes halogenated alkanes) is 1. The number of likely N-dealkylation sites (tertiary alicyclic amines) is 1. The number of rotatable bonds is 8. The molecule has 5 rings (SSSR count). The number of amides is 2. The van der Waals surface area contributed by atoms with Gasteiger partial charge in [-0.15, -0.1) is 0 Å². The van der Waals surface area contributed by atoms with E-state index in [0.29, 0.717) is 50.2 Å². The summed E-state index contributed by atoms with van der Waals surface area (Å²) in [5.41, 5.74) is 1.94. The molecule has 1 aliphatic carbocycles. The Morgan fingerprint density at radius 2 is 2.05 bits per heavy atom. The lowest BCUT2D eigenvalue weighted by Crippen LogP contribution is -2.47. The largest absolute Gasteiger partial charge is 0.444 e. The molecule has 2 aromatic heterocycles. The van der Waals surface area contributed by atoms with Gasteiger partial charge in [-0.3, -0.25) is 14.8 Å². The average molecular weight is 545 g/mol. The van der Waals surface area contributed by atoms with Gasteiger partial charge in [-0.05, 0) is 71.1 Å². The maximum Gasteiger partial charge on any atom is 0.410 e. The van der Waals surface area contributed by atoms with Gasteiger partial charge in [0.25, 0.3) is 0 Å². The minimum atomic E-state index is -0.593. The second-order valence-corrected chi connectivity index (χ2v) is 11.2. The zero-order valence-electron chi connectivity index (χ0n) is 23.2. The van der Waals surface area contributed by atoms with Crippen molar-refractivity contribution in [3.05, 3.63) is 36.2 Å². The van der Waals surface area contributed by atoms with Gasteiger partial charge in [0, 0.05) is 36.6 Å². The summed E-state index contributed by atoms with van der Waals surface area (Å²) in [5, 5.41) is 17.7. The molecule has 1 saturated heterocycles. The summed E-state index contributed by atoms with van der Waals surface area (Å²) in [4.78, 5) is 35.8. The van der Waals surface area contributed by atoms with Gasteiger partial charge in [-0.25, -0.2) is 9.78 Å². The Balaban J connectivity index is 1.13. The van der Waals surface area contributed by atoms with Gasteiger partial charge >= 0.3 is 6.09 Å². The number of nitrogens with zero attached hydrogens (tertiary/aromatic N) is 4. The lowest BCUT2D eigenvalue weighted by Gasteiger charge is -2.28. The third kappa shape index (κ3) is 7.20. The molecule has 1 aliphatic heterocycles. The fourth-order valence-electron chi connectivity index (χ4n) is 4.45. The van der Waals surface area contributed by atoms with Crippen molar-refractivity contribution in [3.63, 3.8) is 0 Å². The molecule has 0 spiro atoms. The molecule has 0 radical (unpaired) electrons. The number of benzene rings is 1. The first-order valence-corrected chi connectivity index (χ1v) is 13.8. The van der Waals surface area contributed by atoms with E-state index in [-0.39, 0.29) is 5.91 Å². The lowest BCUT2D eigenvalue weighted by atomic mass is 10.2. The highest BCUT2D eigenvalue weighted by Crippen LogP contribution is 2.27. The summed E-state index contributed by atoms with van der Waals surface area (Å²) in [7, 11) is 0. The van der Waals surface area contributed by atoms with E-state index in [9.17, 15) is 9.59 Å². The molecule has 4 N–H and O–H groups in total. The number of H-pyrrole nitrogens is 1. The first-order valence-electron chi connectivity index (χ1n) is 13.8. The summed E-state index contributed by atoms with van der Waals surface area (Å²) >= 11 is 0. The van der Waals surface area contributed by atoms with Crippen molar-refractivity contribution in [3.8, 4) is 11.8 Å². The molecule has 11 heteroatoms. The predicted molar refractivity (Wildman–Crippen MR) is 153 cm³/mol. The van der Waals surface area contributed by atoms with Crippen LogP contribution in [0.2, 0.25) is 0 Å². The normalized spacial score (nSPS) is 16.8. The van der Waals surface area contributed by atoms with E-state index in [1.165, 1.54) is 4.90 Å². The molecule has 11 nitrogen and oxygen atoms in total. The Hall–Kier alpha value is -4.33. The van der Waals surface area contributed by atoms with Crippen LogP contribution >= 0.6 is 0 Å². The van der Waals surface area contributed by atoms with Crippen LogP contribution < -0.4 is 16.0 Å². The molecule has 3 heterocycles. The van der Waals surface area contributed by atoms with Crippen LogP contribution in [0.25, 0.3) is 10.9 Å². The van der Waals surface area contributed by atoms with Gasteiger partial charge in [-0.2, -0.15) is 10.1 Å². The third-order valence-electron chi connectivity index (χ3n) is 6.59. The molecule has 40 heavy (non-hydrogen) atoms. The van der Waals surface area contributed by atoms with Gasteiger partial charge in [0.1, 0.15) is 17.5 Å². The first-order chi connectivity index (χ1) is 19.2. The van der Waals surface area contributed by atoms with Crippen LogP contribution in [0.1, 0.15) is 64.9 Å². The van der Waals surface area contributed by atoms with Crippen molar-refractivity contribution in [1.29, 1.82) is 0 Å². The number of hydrogen-bond donors (Lipinski definition) is 4. The third-order valence-corrected chi connectivity index (χ3v) is 6.59. The van der Waals surface area contributed by atoms with Crippen LogP contribution in [-0.4, -0.2) is 67.8 Å². The maximum atomic E-state index is 12.7. The number of ether oxygens (including phenoxy) is 1. The zero-order valence-corrected chi connectivity index (χ0v) is 23.2. The van der Waals surface area contributed by atoms with Crippen LogP contribution in [0.3, 0.4) is 0 Å². The number of fused-ring (bicyclic) bond motifs is 1. The standard InChI is InChI=1S/C29H36N8O3/c1-29(2,3)40-28(39)37-15-7-9-24(37)26(38)30-14-6-4-5-8-20-17-31-27(35-25(20)33-21-12-13-21)34-22-11-10-19-18-32-36-23(19)16-22/h10-11,16-18,21,24H,4,6-7,9,12-15H2,1-3H3,(H,30,38)(H,32,36)(H2,31,33,34,35)/t24-/m0/s1. The van der Waals surface area contributed by atoms with Crippen molar-refractivity contribution < 1.29 is 14.3 Å². The van der Waals surface area contributed by atoms with E-state index >= 15 is 0 Å². The fraction of sp³-hybridized carbons (Fsp3) is 0.483.